The quantitative estimate of drug-likeness (QED) is 0.800. The summed E-state index contributed by atoms with van der Waals surface area (Å²) in [6, 6.07) is 15.8. The van der Waals surface area contributed by atoms with E-state index in [-0.39, 0.29) is 18.8 Å². The van der Waals surface area contributed by atoms with E-state index in [1.807, 2.05) is 41.3 Å². The molecule has 4 rings (SSSR count). The van der Waals surface area contributed by atoms with Crippen LogP contribution < -0.4 is 9.47 Å². The maximum atomic E-state index is 13.0. The predicted octanol–water partition coefficient (Wildman–Crippen LogP) is 3.17. The van der Waals surface area contributed by atoms with Crippen LogP contribution in [0.4, 0.5) is 0 Å². The first-order chi connectivity index (χ1) is 12.8. The van der Waals surface area contributed by atoms with Crippen molar-refractivity contribution in [3.8, 4) is 11.5 Å². The van der Waals surface area contributed by atoms with Gasteiger partial charge in [-0.3, -0.25) is 4.79 Å². The zero-order chi connectivity index (χ0) is 17.8. The Hall–Kier alpha value is -2.53. The number of benzene rings is 2. The maximum Gasteiger partial charge on any atom is 0.231 e. The topological polar surface area (TPSA) is 48.0 Å². The molecule has 5 heteroatoms. The van der Waals surface area contributed by atoms with Crippen molar-refractivity contribution < 1.29 is 19.0 Å². The van der Waals surface area contributed by atoms with Crippen LogP contribution in [0.15, 0.2) is 48.5 Å². The molecule has 0 N–H and O–H groups in total. The maximum absolute atomic E-state index is 13.0. The Bertz CT molecular complexity index is 756. The predicted molar refractivity (Wildman–Crippen MR) is 97.1 cm³/mol. The van der Waals surface area contributed by atoms with Crippen molar-refractivity contribution in [1.82, 2.24) is 4.90 Å². The molecule has 2 aromatic rings. The molecule has 0 spiro atoms. The van der Waals surface area contributed by atoms with Crippen molar-refractivity contribution in [2.45, 2.75) is 31.9 Å². The number of hydrogen-bond donors (Lipinski definition) is 0. The lowest BCUT2D eigenvalue weighted by Gasteiger charge is -2.26. The van der Waals surface area contributed by atoms with Crippen LogP contribution in [0.2, 0.25) is 0 Å². The third kappa shape index (κ3) is 3.99. The highest BCUT2D eigenvalue weighted by atomic mass is 16.7. The van der Waals surface area contributed by atoms with Crippen LogP contribution in [0.25, 0.3) is 0 Å². The van der Waals surface area contributed by atoms with E-state index in [9.17, 15) is 4.79 Å². The molecule has 2 aliphatic rings. The zero-order valence-corrected chi connectivity index (χ0v) is 14.7. The van der Waals surface area contributed by atoms with Crippen molar-refractivity contribution in [2.24, 2.45) is 0 Å². The number of carbonyl (C=O) groups excluding carboxylic acids is 1. The number of ether oxygens (including phenoxy) is 3. The van der Waals surface area contributed by atoms with Crippen molar-refractivity contribution >= 4 is 5.91 Å². The summed E-state index contributed by atoms with van der Waals surface area (Å²) in [5, 5.41) is 0. The number of fused-ring (bicyclic) bond motifs is 1. The molecule has 5 nitrogen and oxygen atoms in total. The third-order valence-electron chi connectivity index (χ3n) is 4.81. The number of amides is 1. The Morgan fingerprint density at radius 3 is 2.69 bits per heavy atom. The number of hydrogen-bond acceptors (Lipinski definition) is 4. The fraction of sp³-hybridized carbons (Fsp3) is 0.381. The van der Waals surface area contributed by atoms with Gasteiger partial charge < -0.3 is 19.1 Å². The van der Waals surface area contributed by atoms with Gasteiger partial charge in [0.2, 0.25) is 12.7 Å². The second kappa shape index (κ2) is 7.79. The first kappa shape index (κ1) is 16.9. The highest BCUT2D eigenvalue weighted by Crippen LogP contribution is 2.32. The van der Waals surface area contributed by atoms with Crippen LogP contribution in [0.1, 0.15) is 24.0 Å². The molecule has 1 atom stereocenters. The van der Waals surface area contributed by atoms with Gasteiger partial charge in [-0.1, -0.05) is 36.4 Å². The minimum Gasteiger partial charge on any atom is -0.454 e. The van der Waals surface area contributed by atoms with Crippen LogP contribution in [-0.4, -0.2) is 36.9 Å². The molecule has 26 heavy (non-hydrogen) atoms. The smallest absolute Gasteiger partial charge is 0.231 e. The van der Waals surface area contributed by atoms with Crippen molar-refractivity contribution in [1.29, 1.82) is 0 Å². The molecule has 136 valence electrons. The Balaban J connectivity index is 1.47. The minimum atomic E-state index is 0.100. The van der Waals surface area contributed by atoms with Crippen LogP contribution in [0.3, 0.4) is 0 Å². The van der Waals surface area contributed by atoms with E-state index in [1.54, 1.807) is 0 Å². The normalized spacial score (nSPS) is 18.1. The van der Waals surface area contributed by atoms with Gasteiger partial charge in [0, 0.05) is 19.7 Å². The van der Waals surface area contributed by atoms with Gasteiger partial charge in [-0.05, 0) is 36.1 Å². The van der Waals surface area contributed by atoms with Crippen LogP contribution in [-0.2, 0) is 22.5 Å². The van der Waals surface area contributed by atoms with Crippen molar-refractivity contribution in [2.75, 3.05) is 19.9 Å². The molecule has 0 radical (unpaired) electrons. The van der Waals surface area contributed by atoms with Gasteiger partial charge >= 0.3 is 0 Å². The Kier molecular flexibility index (Phi) is 5.07. The molecular formula is C21H23NO4. The van der Waals surface area contributed by atoms with E-state index in [1.165, 1.54) is 0 Å². The molecule has 0 aromatic heterocycles. The first-order valence-electron chi connectivity index (χ1n) is 9.10. The van der Waals surface area contributed by atoms with Gasteiger partial charge in [-0.25, -0.2) is 0 Å². The largest absolute Gasteiger partial charge is 0.454 e. The second-order valence-electron chi connectivity index (χ2n) is 6.76. The van der Waals surface area contributed by atoms with Gasteiger partial charge in [0.1, 0.15) is 0 Å². The summed E-state index contributed by atoms with van der Waals surface area (Å²) in [5.74, 6) is 1.55. The summed E-state index contributed by atoms with van der Waals surface area (Å²) < 4.78 is 16.5. The van der Waals surface area contributed by atoms with E-state index in [2.05, 4.69) is 12.1 Å². The van der Waals surface area contributed by atoms with E-state index in [0.29, 0.717) is 25.3 Å². The molecule has 1 amide bonds. The molecule has 2 aliphatic heterocycles. The average molecular weight is 353 g/mol. The molecule has 0 saturated carbocycles. The lowest BCUT2D eigenvalue weighted by atomic mass is 10.1. The third-order valence-corrected chi connectivity index (χ3v) is 4.81. The van der Waals surface area contributed by atoms with Crippen molar-refractivity contribution in [3.63, 3.8) is 0 Å². The van der Waals surface area contributed by atoms with E-state index >= 15 is 0 Å². The first-order valence-corrected chi connectivity index (χ1v) is 9.10. The van der Waals surface area contributed by atoms with Crippen LogP contribution in [0, 0.1) is 0 Å². The number of carbonyl (C=O) groups is 1. The van der Waals surface area contributed by atoms with Crippen LogP contribution in [0.5, 0.6) is 11.5 Å². The summed E-state index contributed by atoms with van der Waals surface area (Å²) in [4.78, 5) is 14.9. The molecule has 1 fully saturated rings. The van der Waals surface area contributed by atoms with Gasteiger partial charge in [-0.2, -0.15) is 0 Å². The molecular weight excluding hydrogens is 330 g/mol. The van der Waals surface area contributed by atoms with Gasteiger partial charge in [0.05, 0.1) is 12.5 Å². The fourth-order valence-electron chi connectivity index (χ4n) is 3.43. The number of nitrogens with zero attached hydrogens (tertiary/aromatic N) is 1. The summed E-state index contributed by atoms with van der Waals surface area (Å²) in [7, 11) is 0. The summed E-state index contributed by atoms with van der Waals surface area (Å²) >= 11 is 0. The molecule has 0 unspecified atom stereocenters. The Morgan fingerprint density at radius 2 is 1.88 bits per heavy atom. The van der Waals surface area contributed by atoms with E-state index in [0.717, 1.165) is 36.3 Å². The average Bonchev–Trinajstić information content (AvgIpc) is 3.33. The zero-order valence-electron chi connectivity index (χ0n) is 14.7. The summed E-state index contributed by atoms with van der Waals surface area (Å²) in [5.41, 5.74) is 2.06. The Labute approximate surface area is 153 Å². The molecule has 1 saturated heterocycles. The molecule has 0 aliphatic carbocycles. The van der Waals surface area contributed by atoms with Crippen molar-refractivity contribution in [3.05, 3.63) is 59.7 Å². The van der Waals surface area contributed by atoms with Gasteiger partial charge in [0.25, 0.3) is 0 Å². The van der Waals surface area contributed by atoms with Gasteiger partial charge in [0.15, 0.2) is 11.5 Å². The van der Waals surface area contributed by atoms with Crippen LogP contribution >= 0.6 is 0 Å². The lowest BCUT2D eigenvalue weighted by Crippen LogP contribution is -2.37. The lowest BCUT2D eigenvalue weighted by molar-refractivity contribution is -0.132. The fourth-order valence-corrected chi connectivity index (χ4v) is 3.43. The SMILES string of the molecule is O=C(Cc1ccc2c(c1)OCO2)N(Cc1ccccc1)C[C@@H]1CCCO1. The monoisotopic (exact) mass is 353 g/mol. The summed E-state index contributed by atoms with van der Waals surface area (Å²) in [6.45, 7) is 2.27. The number of rotatable bonds is 6. The van der Waals surface area contributed by atoms with E-state index < -0.39 is 0 Å². The highest BCUT2D eigenvalue weighted by molar-refractivity contribution is 5.79. The standard InChI is InChI=1S/C21H23NO4/c23-21(12-17-8-9-19-20(11-17)26-15-25-19)22(14-18-7-4-10-24-18)13-16-5-2-1-3-6-16/h1-3,5-6,8-9,11,18H,4,7,10,12-15H2/t18-/m0/s1. The molecule has 0 bridgehead atoms. The minimum absolute atomic E-state index is 0.100. The highest BCUT2D eigenvalue weighted by Gasteiger charge is 2.23. The van der Waals surface area contributed by atoms with Gasteiger partial charge in [-0.15, -0.1) is 0 Å². The molecule has 2 heterocycles. The van der Waals surface area contributed by atoms with E-state index in [4.69, 9.17) is 14.2 Å². The Morgan fingerprint density at radius 1 is 1.04 bits per heavy atom. The molecule has 2 aromatic carbocycles. The summed E-state index contributed by atoms with van der Waals surface area (Å²) in [6.07, 6.45) is 2.57. The second-order valence-corrected chi connectivity index (χ2v) is 6.76.